The summed E-state index contributed by atoms with van der Waals surface area (Å²) in [4.78, 5) is 34.3. The van der Waals surface area contributed by atoms with Crippen molar-refractivity contribution in [2.45, 2.75) is 44.7 Å². The molecule has 0 amide bonds. The van der Waals surface area contributed by atoms with Gasteiger partial charge in [0.25, 0.3) is 10.1 Å². The van der Waals surface area contributed by atoms with E-state index in [4.69, 9.17) is 68.7 Å². The van der Waals surface area contributed by atoms with Crippen LogP contribution in [-0.2, 0) is 28.5 Å². The predicted octanol–water partition coefficient (Wildman–Crippen LogP) is 10.2. The lowest BCUT2D eigenvalue weighted by atomic mass is 9.82. The smallest absolute Gasteiger partial charge is 0.376 e. The van der Waals surface area contributed by atoms with Crippen molar-refractivity contribution in [3.05, 3.63) is 149 Å². The molecular weight excluding hydrogens is 1300 g/mol. The van der Waals surface area contributed by atoms with Crippen molar-refractivity contribution >= 4 is 131 Å². The number of nitrogens with one attached hydrogen (secondary N) is 3. The average Bonchev–Trinajstić information content (AvgIpc) is 0.825. The molecule has 502 valence electrons. The van der Waals surface area contributed by atoms with E-state index in [9.17, 15) is 23.7 Å². The summed E-state index contributed by atoms with van der Waals surface area (Å²) in [7, 11) is -3.81. The first-order chi connectivity index (χ1) is 46.0. The van der Waals surface area contributed by atoms with E-state index < -0.39 is 17.2 Å². The number of phenolic OH excluding ortho intramolecular Hbond substituents is 2. The molecule has 5 fully saturated rings. The van der Waals surface area contributed by atoms with Crippen molar-refractivity contribution in [2.75, 3.05) is 142 Å². The van der Waals surface area contributed by atoms with E-state index in [0.29, 0.717) is 64.3 Å². The van der Waals surface area contributed by atoms with E-state index in [0.717, 1.165) is 156 Å². The number of nitrogens with zero attached hydrogens (tertiary/aromatic N) is 10. The van der Waals surface area contributed by atoms with Gasteiger partial charge < -0.3 is 75.4 Å². The van der Waals surface area contributed by atoms with E-state index in [1.165, 1.54) is 17.4 Å². The van der Waals surface area contributed by atoms with Crippen molar-refractivity contribution in [2.24, 2.45) is 0 Å². The highest BCUT2D eigenvalue weighted by atomic mass is 35.5. The fraction of sp³-hybridized carbons (Fsp3) is 0.364. The predicted molar refractivity (Wildman–Crippen MR) is 377 cm³/mol. The highest BCUT2D eigenvalue weighted by molar-refractivity contribution is 7.86. The molecule has 0 unspecified atom stereocenters. The van der Waals surface area contributed by atoms with Crippen molar-refractivity contribution in [3.8, 4) is 17.2 Å². The van der Waals surface area contributed by atoms with Crippen molar-refractivity contribution < 1.29 is 46.8 Å². The van der Waals surface area contributed by atoms with E-state index >= 15 is 0 Å². The van der Waals surface area contributed by atoms with Crippen molar-refractivity contribution in [1.29, 1.82) is 0 Å². The normalized spacial score (nSPS) is 16.4. The molecule has 3 aromatic heterocycles. The second-order valence-corrected chi connectivity index (χ2v) is 25.6. The first kappa shape index (κ1) is 70.0. The van der Waals surface area contributed by atoms with E-state index in [1.807, 2.05) is 59.4 Å². The fourth-order valence-electron chi connectivity index (χ4n) is 11.0. The third-order valence-electron chi connectivity index (χ3n) is 16.1. The van der Waals surface area contributed by atoms with E-state index in [1.54, 1.807) is 43.6 Å². The lowest BCUT2D eigenvalue weighted by molar-refractivity contribution is 0.122. The topological polar surface area (TPSA) is 293 Å². The van der Waals surface area contributed by atoms with Gasteiger partial charge in [-0.05, 0) is 173 Å². The summed E-state index contributed by atoms with van der Waals surface area (Å²) in [5, 5.41) is 41.9. The zero-order chi connectivity index (χ0) is 66.7. The van der Waals surface area contributed by atoms with E-state index in [-0.39, 0.29) is 29.0 Å². The van der Waals surface area contributed by atoms with Gasteiger partial charge in [-0.2, -0.15) is 8.42 Å². The van der Waals surface area contributed by atoms with Gasteiger partial charge in [0.15, 0.2) is 0 Å². The molecule has 24 nitrogen and oxygen atoms in total. The minimum atomic E-state index is -3.34. The Balaban J connectivity index is 0.000000137. The number of rotatable bonds is 12. The molecule has 0 radical (unpaired) electrons. The zero-order valence-electron chi connectivity index (χ0n) is 52.9. The Morgan fingerprint density at radius 2 is 1.04 bits per heavy atom. The Kier molecular flexibility index (Phi) is 25.2. The second-order valence-electron chi connectivity index (χ2n) is 22.8. The van der Waals surface area contributed by atoms with Crippen LogP contribution in [0.25, 0.3) is 32.7 Å². The summed E-state index contributed by atoms with van der Waals surface area (Å²) in [6.45, 7) is 15.3. The molecule has 0 bridgehead atoms. The number of nitrogen functional groups attached to an aromatic ring is 1. The van der Waals surface area contributed by atoms with Gasteiger partial charge >= 0.3 is 7.05 Å². The van der Waals surface area contributed by atoms with Crippen LogP contribution in [0.15, 0.2) is 134 Å². The number of benzene rings is 6. The number of ether oxygens (including phenoxy) is 4. The Morgan fingerprint density at radius 3 is 1.55 bits per heavy atom. The maximum Gasteiger partial charge on any atom is 0.376 e. The number of fused-ring (bicyclic) bond motifs is 3. The van der Waals surface area contributed by atoms with Crippen LogP contribution in [0.2, 0.25) is 22.2 Å². The molecule has 0 aliphatic carbocycles. The summed E-state index contributed by atoms with van der Waals surface area (Å²) in [6.07, 6.45) is 9.23. The van der Waals surface area contributed by atoms with Crippen LogP contribution in [0.5, 0.6) is 17.2 Å². The van der Waals surface area contributed by atoms with Crippen LogP contribution < -0.4 is 41.1 Å². The third-order valence-corrected chi connectivity index (χ3v) is 17.5. The van der Waals surface area contributed by atoms with Crippen LogP contribution >= 0.6 is 34.8 Å². The number of piperidine rings is 2. The number of hydrogen-bond acceptors (Lipinski definition) is 24. The highest BCUT2D eigenvalue weighted by Gasteiger charge is 2.27. The number of para-hydroxylation sites is 1. The molecule has 6 aromatic carbocycles. The van der Waals surface area contributed by atoms with Crippen molar-refractivity contribution in [1.82, 2.24) is 40.0 Å². The summed E-state index contributed by atoms with van der Waals surface area (Å²) < 4.78 is 48.9. The number of aromatic nitrogens is 6. The standard InChI is InChI=1S/C23H26ClN5O2.C18H17ClN4O2.C10H14N2O.C8H5ClN2O.C7H16BNO4S/c24-20-5-6-21(31-18-7-9-25-10-8-18)22-19(20)15-26-23(28-22)27-16-1-3-17(4-2-16)29-11-13-30-14-12-29;19-15-5-6-16(24)17-14(15)11-20-18(22-17)21-12-1-3-13(4-2-12)23-7-9-25-10-8-23;11-9-1-3-10(4-2-9)12-5-7-13-8-6-12;9-8-10-4-5-2-1-3-6(12)7(5)11-8;1-8(10)9-5-3-7(4-6-9)13-14(2,11)12/h1-6,15,18,25H,7-14H2,(H,26,27,28);1-6,11,24H,7-10H2,(H,20,21,22);1-4H,5-8,11H2;1-4,12H;7,10H,3-6H2,1-2H3. The van der Waals surface area contributed by atoms with Gasteiger partial charge in [0.1, 0.15) is 39.9 Å². The number of nitrogens with two attached hydrogens (primary N) is 1. The van der Waals surface area contributed by atoms with Gasteiger partial charge in [-0.25, -0.2) is 29.9 Å². The first-order valence-electron chi connectivity index (χ1n) is 31.4. The molecular formula is C66H78BCl3N14O10S. The summed E-state index contributed by atoms with van der Waals surface area (Å²) in [6, 6.07) is 36.4. The van der Waals surface area contributed by atoms with Gasteiger partial charge in [0, 0.05) is 108 Å². The number of morpholine rings is 3. The van der Waals surface area contributed by atoms with Crippen LogP contribution in [0.4, 0.5) is 46.0 Å². The number of halogens is 3. The average molecular weight is 1380 g/mol. The third kappa shape index (κ3) is 20.6. The molecule has 5 aliphatic rings. The van der Waals surface area contributed by atoms with E-state index in [2.05, 4.69) is 92.0 Å². The van der Waals surface area contributed by atoms with Gasteiger partial charge in [-0.1, -0.05) is 35.3 Å². The number of aromatic hydroxyl groups is 2. The Hall–Kier alpha value is -7.86. The maximum absolute atomic E-state index is 10.8. The molecule has 14 rings (SSSR count). The molecule has 29 heteroatoms. The summed E-state index contributed by atoms with van der Waals surface area (Å²) in [5.74, 6) is 1.87. The minimum Gasteiger partial charge on any atom is -0.506 e. The minimum absolute atomic E-state index is 0.0764. The molecule has 95 heavy (non-hydrogen) atoms. The summed E-state index contributed by atoms with van der Waals surface area (Å²) in [5.41, 5.74) is 13.5. The molecule has 9 aromatic rings. The first-order valence-corrected chi connectivity index (χ1v) is 34.4. The van der Waals surface area contributed by atoms with Crippen LogP contribution in [0.1, 0.15) is 25.7 Å². The van der Waals surface area contributed by atoms with Crippen LogP contribution in [0, 0.1) is 0 Å². The lowest BCUT2D eigenvalue weighted by Gasteiger charge is -2.31. The largest absolute Gasteiger partial charge is 0.506 e. The quantitative estimate of drug-likeness (QED) is 0.0259. The highest BCUT2D eigenvalue weighted by Crippen LogP contribution is 2.34. The Labute approximate surface area is 567 Å². The molecule has 8 N–H and O–H groups in total. The second kappa shape index (κ2) is 34.2. The van der Waals surface area contributed by atoms with Crippen molar-refractivity contribution in [3.63, 3.8) is 0 Å². The maximum atomic E-state index is 10.8. The van der Waals surface area contributed by atoms with Crippen LogP contribution in [-0.4, -0.2) is 189 Å². The van der Waals surface area contributed by atoms with Crippen LogP contribution in [0.3, 0.4) is 0 Å². The van der Waals surface area contributed by atoms with Gasteiger partial charge in [0.05, 0.1) is 62.0 Å². The molecule has 0 saturated carbocycles. The molecule has 0 spiro atoms. The summed E-state index contributed by atoms with van der Waals surface area (Å²) >= 11 is 18.1. The Bertz CT molecular complexity index is 4040. The molecule has 5 aliphatic heterocycles. The van der Waals surface area contributed by atoms with Gasteiger partial charge in [-0.15, -0.1) is 0 Å². The van der Waals surface area contributed by atoms with Gasteiger partial charge in [0.2, 0.25) is 17.2 Å². The number of anilines is 8. The van der Waals surface area contributed by atoms with Gasteiger partial charge in [-0.3, -0.25) is 4.18 Å². The lowest BCUT2D eigenvalue weighted by Crippen LogP contribution is -2.45. The zero-order valence-corrected chi connectivity index (χ0v) is 56.0. The molecule has 8 heterocycles. The SMILES string of the molecule is CB(O)N1CCC(OS(C)(=O)=O)CC1.Clc1ccc(OC2CCNCC2)c2nc(Nc3ccc(N4CCOCC4)cc3)ncc12.Nc1ccc(N2CCOCC2)cc1.Oc1ccc(Cl)c2cnc(Nc3ccc(N4CCOCC4)cc3)nc12.Oc1cccc2cnc(Cl)nc12. The molecule has 0 atom stereocenters. The number of phenols is 2. The Morgan fingerprint density at radius 1 is 0.568 bits per heavy atom. The molecule has 5 saturated heterocycles. The monoisotopic (exact) mass is 1370 g/mol. The fourth-order valence-corrected chi connectivity index (χ4v) is 12.2. The number of hydrogen-bond donors (Lipinski definition) is 7.